The summed E-state index contributed by atoms with van der Waals surface area (Å²) in [6, 6.07) is 0. The maximum absolute atomic E-state index is 11.5. The van der Waals surface area contributed by atoms with Gasteiger partial charge in [0.25, 0.3) is 5.91 Å². The largest absolute Gasteiger partial charge is 0.478 e. The summed E-state index contributed by atoms with van der Waals surface area (Å²) in [6.45, 7) is 4.37. The van der Waals surface area contributed by atoms with Gasteiger partial charge in [0.05, 0.1) is 0 Å². The standard InChI is InChI=1S/C11H16N2O4/c1-6-4-7(9(14)15)5-8(12-6)13-10(16)11(2,3)17/h4,8,17H,5H2,1-3H3,(H,13,16)(H,14,15)/t8-/m1/s1. The molecule has 0 aromatic carbocycles. The van der Waals surface area contributed by atoms with E-state index >= 15 is 0 Å². The SMILES string of the molecule is CC1=N[C@H](NC(=O)C(C)(C)O)CC(C(=O)O)=C1. The molecule has 0 radical (unpaired) electrons. The third-order valence-electron chi connectivity index (χ3n) is 2.28. The Morgan fingerprint density at radius 1 is 1.53 bits per heavy atom. The number of aliphatic carboxylic acids is 1. The number of aliphatic hydroxyl groups is 1. The number of aliphatic imine (C=N–C) groups is 1. The maximum atomic E-state index is 11.5. The first-order valence-corrected chi connectivity index (χ1v) is 5.22. The molecule has 1 amide bonds. The number of hydrogen-bond acceptors (Lipinski definition) is 4. The van der Waals surface area contributed by atoms with Crippen molar-refractivity contribution >= 4 is 17.6 Å². The Bertz CT molecular complexity index is 404. The van der Waals surface area contributed by atoms with Gasteiger partial charge in [0.2, 0.25) is 0 Å². The molecule has 0 saturated heterocycles. The molecule has 17 heavy (non-hydrogen) atoms. The first-order chi connectivity index (χ1) is 7.70. The van der Waals surface area contributed by atoms with Gasteiger partial charge in [-0.2, -0.15) is 0 Å². The number of carbonyl (C=O) groups excluding carboxylic acids is 1. The first-order valence-electron chi connectivity index (χ1n) is 5.22. The van der Waals surface area contributed by atoms with E-state index < -0.39 is 23.6 Å². The second kappa shape index (κ2) is 4.67. The third-order valence-corrected chi connectivity index (χ3v) is 2.28. The number of nitrogens with one attached hydrogen (secondary N) is 1. The maximum Gasteiger partial charge on any atom is 0.331 e. The summed E-state index contributed by atoms with van der Waals surface area (Å²) in [5, 5.41) is 20.8. The van der Waals surface area contributed by atoms with Crippen LogP contribution in [0.2, 0.25) is 0 Å². The van der Waals surface area contributed by atoms with Crippen molar-refractivity contribution in [3.05, 3.63) is 11.6 Å². The molecule has 1 aliphatic rings. The van der Waals surface area contributed by atoms with Gasteiger partial charge in [0.15, 0.2) is 0 Å². The Morgan fingerprint density at radius 3 is 2.59 bits per heavy atom. The fourth-order valence-corrected chi connectivity index (χ4v) is 1.41. The fourth-order valence-electron chi connectivity index (χ4n) is 1.41. The predicted molar refractivity (Wildman–Crippen MR) is 61.7 cm³/mol. The number of carboxylic acids is 1. The summed E-state index contributed by atoms with van der Waals surface area (Å²) in [6.07, 6.45) is 0.953. The van der Waals surface area contributed by atoms with E-state index in [0.717, 1.165) is 0 Å². The van der Waals surface area contributed by atoms with Gasteiger partial charge in [-0.3, -0.25) is 9.79 Å². The number of carbonyl (C=O) groups is 2. The van der Waals surface area contributed by atoms with Gasteiger partial charge >= 0.3 is 5.97 Å². The van der Waals surface area contributed by atoms with E-state index in [2.05, 4.69) is 10.3 Å². The predicted octanol–water partition coefficient (Wildman–Crippen LogP) is 0.0752. The molecule has 0 aromatic rings. The minimum Gasteiger partial charge on any atom is -0.478 e. The molecular weight excluding hydrogens is 224 g/mol. The summed E-state index contributed by atoms with van der Waals surface area (Å²) in [4.78, 5) is 26.5. The van der Waals surface area contributed by atoms with Gasteiger partial charge in [-0.15, -0.1) is 0 Å². The number of hydrogen-bond donors (Lipinski definition) is 3. The van der Waals surface area contributed by atoms with Gasteiger partial charge in [-0.1, -0.05) is 0 Å². The van der Waals surface area contributed by atoms with Crippen molar-refractivity contribution in [2.45, 2.75) is 39.0 Å². The Morgan fingerprint density at radius 2 is 2.12 bits per heavy atom. The molecule has 94 valence electrons. The van der Waals surface area contributed by atoms with Crippen molar-refractivity contribution in [2.75, 3.05) is 0 Å². The van der Waals surface area contributed by atoms with Crippen LogP contribution in [-0.4, -0.2) is 39.6 Å². The molecule has 6 heteroatoms. The number of nitrogens with zero attached hydrogens (tertiary/aromatic N) is 1. The highest BCUT2D eigenvalue weighted by molar-refractivity contribution is 6.01. The summed E-state index contributed by atoms with van der Waals surface area (Å²) >= 11 is 0. The van der Waals surface area contributed by atoms with Crippen molar-refractivity contribution in [3.8, 4) is 0 Å². The molecule has 1 rings (SSSR count). The molecule has 0 spiro atoms. The van der Waals surface area contributed by atoms with Gasteiger partial charge in [0.1, 0.15) is 11.8 Å². The van der Waals surface area contributed by atoms with E-state index in [1.165, 1.54) is 19.9 Å². The van der Waals surface area contributed by atoms with Crippen molar-refractivity contribution in [1.82, 2.24) is 5.32 Å². The molecule has 1 atom stereocenters. The van der Waals surface area contributed by atoms with E-state index in [9.17, 15) is 14.7 Å². The molecule has 0 bridgehead atoms. The van der Waals surface area contributed by atoms with Crippen LogP contribution in [0.3, 0.4) is 0 Å². The lowest BCUT2D eigenvalue weighted by molar-refractivity contribution is -0.137. The summed E-state index contributed by atoms with van der Waals surface area (Å²) in [5.74, 6) is -1.60. The average Bonchev–Trinajstić information content (AvgIpc) is 2.14. The number of allylic oxidation sites excluding steroid dienone is 1. The second-order valence-corrected chi connectivity index (χ2v) is 4.50. The van der Waals surface area contributed by atoms with Gasteiger partial charge < -0.3 is 15.5 Å². The number of amides is 1. The van der Waals surface area contributed by atoms with Crippen molar-refractivity contribution in [1.29, 1.82) is 0 Å². The molecule has 1 aliphatic heterocycles. The highest BCUT2D eigenvalue weighted by Crippen LogP contribution is 2.14. The van der Waals surface area contributed by atoms with Crippen LogP contribution in [0.5, 0.6) is 0 Å². The first kappa shape index (κ1) is 13.4. The van der Waals surface area contributed by atoms with E-state index in [1.807, 2.05) is 0 Å². The molecule has 0 aliphatic carbocycles. The zero-order chi connectivity index (χ0) is 13.2. The lowest BCUT2D eigenvalue weighted by Gasteiger charge is -2.23. The van der Waals surface area contributed by atoms with Gasteiger partial charge in [0, 0.05) is 17.7 Å². The van der Waals surface area contributed by atoms with Crippen molar-refractivity contribution in [3.63, 3.8) is 0 Å². The van der Waals surface area contributed by atoms with E-state index in [0.29, 0.717) is 5.71 Å². The smallest absolute Gasteiger partial charge is 0.331 e. The van der Waals surface area contributed by atoms with Crippen LogP contribution in [-0.2, 0) is 9.59 Å². The lowest BCUT2D eigenvalue weighted by Crippen LogP contribution is -2.47. The molecule has 0 aromatic heterocycles. The quantitative estimate of drug-likeness (QED) is 0.650. The molecule has 1 heterocycles. The highest BCUT2D eigenvalue weighted by atomic mass is 16.4. The topological polar surface area (TPSA) is 99.0 Å². The molecule has 0 fully saturated rings. The van der Waals surface area contributed by atoms with Crippen LogP contribution in [0.25, 0.3) is 0 Å². The minimum absolute atomic E-state index is 0.120. The molecular formula is C11H16N2O4. The zero-order valence-electron chi connectivity index (χ0n) is 10.0. The Labute approximate surface area is 99.0 Å². The van der Waals surface area contributed by atoms with Crippen LogP contribution in [0.1, 0.15) is 27.2 Å². The fraction of sp³-hybridized carbons (Fsp3) is 0.545. The molecule has 0 unspecified atom stereocenters. The van der Waals surface area contributed by atoms with Crippen LogP contribution in [0.4, 0.5) is 0 Å². The molecule has 0 saturated carbocycles. The Kier molecular flexibility index (Phi) is 3.67. The third kappa shape index (κ3) is 3.67. The summed E-state index contributed by atoms with van der Waals surface area (Å²) < 4.78 is 0. The number of carboxylic acid groups (broad SMARTS) is 1. The van der Waals surface area contributed by atoms with Crippen LogP contribution < -0.4 is 5.32 Å². The minimum atomic E-state index is -1.51. The molecule has 6 nitrogen and oxygen atoms in total. The van der Waals surface area contributed by atoms with Gasteiger partial charge in [-0.05, 0) is 26.8 Å². The Hall–Kier alpha value is -1.69. The number of rotatable bonds is 3. The average molecular weight is 240 g/mol. The van der Waals surface area contributed by atoms with Crippen molar-refractivity contribution in [2.24, 2.45) is 4.99 Å². The van der Waals surface area contributed by atoms with E-state index in [1.54, 1.807) is 6.92 Å². The lowest BCUT2D eigenvalue weighted by atomic mass is 10.0. The number of dihydropyridines is 1. The molecule has 3 N–H and O–H groups in total. The van der Waals surface area contributed by atoms with Crippen molar-refractivity contribution < 1.29 is 19.8 Å². The van der Waals surface area contributed by atoms with Crippen LogP contribution in [0.15, 0.2) is 16.6 Å². The summed E-state index contributed by atoms with van der Waals surface area (Å²) in [5.41, 5.74) is -0.776. The summed E-state index contributed by atoms with van der Waals surface area (Å²) in [7, 11) is 0. The Balaban J connectivity index is 2.74. The highest BCUT2D eigenvalue weighted by Gasteiger charge is 2.28. The monoisotopic (exact) mass is 240 g/mol. The van der Waals surface area contributed by atoms with E-state index in [-0.39, 0.29) is 12.0 Å². The van der Waals surface area contributed by atoms with Crippen LogP contribution >= 0.6 is 0 Å². The normalized spacial score (nSPS) is 20.4. The zero-order valence-corrected chi connectivity index (χ0v) is 10.0. The second-order valence-electron chi connectivity index (χ2n) is 4.50. The van der Waals surface area contributed by atoms with Gasteiger partial charge in [-0.25, -0.2) is 4.79 Å². The van der Waals surface area contributed by atoms with E-state index in [4.69, 9.17) is 5.11 Å². The van der Waals surface area contributed by atoms with Crippen LogP contribution in [0, 0.1) is 0 Å².